The summed E-state index contributed by atoms with van der Waals surface area (Å²) in [5, 5.41) is 5.17. The molecule has 0 radical (unpaired) electrons. The molecule has 0 amide bonds. The number of para-hydroxylation sites is 2. The topological polar surface area (TPSA) is 4.93 Å². The largest absolute Gasteiger partial charge is 0.309 e. The van der Waals surface area contributed by atoms with Gasteiger partial charge in [0.1, 0.15) is 0 Å². The van der Waals surface area contributed by atoms with Gasteiger partial charge in [0.2, 0.25) is 0 Å². The Morgan fingerprint density at radius 1 is 0.415 bits per heavy atom. The number of fused-ring (bicyclic) bond motifs is 9. The Morgan fingerprint density at radius 2 is 1.04 bits per heavy atom. The summed E-state index contributed by atoms with van der Waals surface area (Å²) in [6, 6.07) is 65.3. The predicted molar refractivity (Wildman–Crippen MR) is 228 cm³/mol. The molecule has 1 aliphatic carbocycles. The summed E-state index contributed by atoms with van der Waals surface area (Å²) < 4.78 is 5.15. The molecular formula is C51H35NS. The molecule has 250 valence electrons. The molecule has 1 aliphatic rings. The van der Waals surface area contributed by atoms with Crippen LogP contribution in [0.4, 0.5) is 0 Å². The van der Waals surface area contributed by atoms with Crippen molar-refractivity contribution < 1.29 is 0 Å². The zero-order valence-corrected chi connectivity index (χ0v) is 30.4. The second kappa shape index (κ2) is 11.4. The van der Waals surface area contributed by atoms with Gasteiger partial charge < -0.3 is 4.57 Å². The van der Waals surface area contributed by atoms with Crippen LogP contribution in [0, 0.1) is 0 Å². The van der Waals surface area contributed by atoms with Crippen LogP contribution in [-0.4, -0.2) is 4.57 Å². The van der Waals surface area contributed by atoms with Crippen LogP contribution in [0.15, 0.2) is 176 Å². The molecule has 0 bridgehead atoms. The molecule has 0 saturated heterocycles. The summed E-state index contributed by atoms with van der Waals surface area (Å²) in [5.41, 5.74) is 16.5. The van der Waals surface area contributed by atoms with Crippen LogP contribution in [0.5, 0.6) is 0 Å². The first kappa shape index (κ1) is 30.4. The molecule has 8 aromatic carbocycles. The number of hydrogen-bond acceptors (Lipinski definition) is 1. The third kappa shape index (κ3) is 4.49. The lowest BCUT2D eigenvalue weighted by atomic mass is 9.81. The highest BCUT2D eigenvalue weighted by Gasteiger charge is 2.35. The van der Waals surface area contributed by atoms with E-state index in [1.165, 1.54) is 97.6 Å². The minimum Gasteiger partial charge on any atom is -0.309 e. The van der Waals surface area contributed by atoms with E-state index in [4.69, 9.17) is 0 Å². The quantitative estimate of drug-likeness (QED) is 0.173. The first-order valence-corrected chi connectivity index (χ1v) is 19.2. The normalized spacial score (nSPS) is 13.2. The maximum absolute atomic E-state index is 2.48. The second-order valence-corrected chi connectivity index (χ2v) is 15.9. The minimum atomic E-state index is -0.0386. The Morgan fingerprint density at radius 3 is 1.94 bits per heavy atom. The molecule has 11 rings (SSSR count). The molecule has 0 atom stereocenters. The van der Waals surface area contributed by atoms with Crippen LogP contribution in [0.2, 0.25) is 0 Å². The van der Waals surface area contributed by atoms with Crippen LogP contribution in [-0.2, 0) is 5.41 Å². The monoisotopic (exact) mass is 693 g/mol. The third-order valence-electron chi connectivity index (χ3n) is 11.6. The van der Waals surface area contributed by atoms with Crippen molar-refractivity contribution in [1.29, 1.82) is 0 Å². The van der Waals surface area contributed by atoms with Gasteiger partial charge in [-0.05, 0) is 86.5 Å². The Balaban J connectivity index is 1.08. The van der Waals surface area contributed by atoms with Crippen LogP contribution >= 0.6 is 11.3 Å². The van der Waals surface area contributed by atoms with E-state index in [0.29, 0.717) is 0 Å². The summed E-state index contributed by atoms with van der Waals surface area (Å²) in [6.07, 6.45) is 0. The number of rotatable bonds is 4. The number of benzene rings is 8. The number of thiophene rings is 1. The third-order valence-corrected chi connectivity index (χ3v) is 12.8. The van der Waals surface area contributed by atoms with Crippen molar-refractivity contribution in [1.82, 2.24) is 4.57 Å². The highest BCUT2D eigenvalue weighted by Crippen LogP contribution is 2.50. The molecule has 2 heteroatoms. The fourth-order valence-electron chi connectivity index (χ4n) is 9.06. The van der Waals surface area contributed by atoms with E-state index in [2.05, 4.69) is 194 Å². The van der Waals surface area contributed by atoms with Crippen LogP contribution in [0.1, 0.15) is 25.0 Å². The van der Waals surface area contributed by atoms with Gasteiger partial charge in [-0.2, -0.15) is 0 Å². The van der Waals surface area contributed by atoms with Crippen LogP contribution in [0.25, 0.3) is 92.2 Å². The smallest absolute Gasteiger partial charge is 0.0619 e. The maximum Gasteiger partial charge on any atom is 0.0619 e. The molecule has 0 aliphatic heterocycles. The predicted octanol–water partition coefficient (Wildman–Crippen LogP) is 14.5. The molecule has 0 fully saturated rings. The molecule has 2 aromatic heterocycles. The SMILES string of the molecule is CC1(C)c2ccccc2-c2ccc(-c3cccc(-c4cccc5c6ccccc6n(-c6cccc(-c7cccc8c7sc7ccccc78)c6)c45)c3)cc21. The number of aromatic nitrogens is 1. The lowest BCUT2D eigenvalue weighted by Gasteiger charge is -2.22. The molecule has 0 N–H and O–H groups in total. The second-order valence-electron chi connectivity index (χ2n) is 14.9. The zero-order chi connectivity index (χ0) is 35.3. The first-order chi connectivity index (χ1) is 26.0. The van der Waals surface area contributed by atoms with Gasteiger partial charge in [-0.25, -0.2) is 0 Å². The molecule has 0 unspecified atom stereocenters. The minimum absolute atomic E-state index is 0.0386. The van der Waals surface area contributed by atoms with Gasteiger partial charge in [0.05, 0.1) is 11.0 Å². The Kier molecular flexibility index (Phi) is 6.53. The van der Waals surface area contributed by atoms with E-state index in [1.54, 1.807) is 0 Å². The molecular weight excluding hydrogens is 659 g/mol. The molecule has 0 spiro atoms. The standard InChI is InChI=1S/C51H35NS/c1-51(2)45-24-6-3-17-39(45)40-28-27-33(31-46(40)51)32-13-9-14-34(29-32)37-20-11-22-43-41-18-4-7-25-47(41)52(49(37)43)36-16-10-15-35(30-36)38-21-12-23-44-42-19-5-8-26-48(42)53-50(38)44/h3-31H,1-2H3. The average molecular weight is 694 g/mol. The van der Waals surface area contributed by atoms with Gasteiger partial charge >= 0.3 is 0 Å². The van der Waals surface area contributed by atoms with E-state index in [9.17, 15) is 0 Å². The van der Waals surface area contributed by atoms with Crippen LogP contribution < -0.4 is 0 Å². The Bertz CT molecular complexity index is 3100. The lowest BCUT2D eigenvalue weighted by molar-refractivity contribution is 0.660. The summed E-state index contributed by atoms with van der Waals surface area (Å²) in [5.74, 6) is 0. The van der Waals surface area contributed by atoms with E-state index in [-0.39, 0.29) is 5.41 Å². The molecule has 1 nitrogen and oxygen atoms in total. The Hall–Kier alpha value is -6.22. The Labute approximate surface area is 313 Å². The first-order valence-electron chi connectivity index (χ1n) is 18.4. The number of nitrogens with zero attached hydrogens (tertiary/aromatic N) is 1. The zero-order valence-electron chi connectivity index (χ0n) is 29.6. The van der Waals surface area contributed by atoms with Crippen molar-refractivity contribution in [2.24, 2.45) is 0 Å². The highest BCUT2D eigenvalue weighted by molar-refractivity contribution is 7.26. The van der Waals surface area contributed by atoms with Gasteiger partial charge in [-0.3, -0.25) is 0 Å². The van der Waals surface area contributed by atoms with E-state index in [1.807, 2.05) is 11.3 Å². The van der Waals surface area contributed by atoms with E-state index >= 15 is 0 Å². The maximum atomic E-state index is 2.48. The summed E-state index contributed by atoms with van der Waals surface area (Å²) >= 11 is 1.89. The van der Waals surface area contributed by atoms with Gasteiger partial charge in [0.25, 0.3) is 0 Å². The van der Waals surface area contributed by atoms with Gasteiger partial charge in [0.15, 0.2) is 0 Å². The molecule has 2 heterocycles. The van der Waals surface area contributed by atoms with E-state index in [0.717, 1.165) is 5.69 Å². The van der Waals surface area contributed by atoms with Crippen molar-refractivity contribution in [2.75, 3.05) is 0 Å². The fourth-order valence-corrected chi connectivity index (χ4v) is 10.3. The molecule has 10 aromatic rings. The fraction of sp³-hybridized carbons (Fsp3) is 0.0588. The summed E-state index contributed by atoms with van der Waals surface area (Å²) in [4.78, 5) is 0. The molecule has 53 heavy (non-hydrogen) atoms. The molecule has 0 saturated carbocycles. The number of hydrogen-bond donors (Lipinski definition) is 0. The van der Waals surface area contributed by atoms with Crippen molar-refractivity contribution in [3.05, 3.63) is 187 Å². The van der Waals surface area contributed by atoms with Crippen molar-refractivity contribution in [3.63, 3.8) is 0 Å². The highest BCUT2D eigenvalue weighted by atomic mass is 32.1. The van der Waals surface area contributed by atoms with Crippen molar-refractivity contribution in [2.45, 2.75) is 19.3 Å². The van der Waals surface area contributed by atoms with Gasteiger partial charge in [-0.1, -0.05) is 153 Å². The average Bonchev–Trinajstić information content (AvgIpc) is 3.84. The van der Waals surface area contributed by atoms with Gasteiger partial charge in [0, 0.05) is 47.6 Å². The van der Waals surface area contributed by atoms with Crippen molar-refractivity contribution in [3.8, 4) is 50.2 Å². The lowest BCUT2D eigenvalue weighted by Crippen LogP contribution is -2.14. The van der Waals surface area contributed by atoms with Crippen LogP contribution in [0.3, 0.4) is 0 Å². The summed E-state index contributed by atoms with van der Waals surface area (Å²) in [7, 11) is 0. The van der Waals surface area contributed by atoms with Gasteiger partial charge in [-0.15, -0.1) is 11.3 Å². The van der Waals surface area contributed by atoms with Crippen molar-refractivity contribution >= 4 is 53.3 Å². The summed E-state index contributed by atoms with van der Waals surface area (Å²) in [6.45, 7) is 4.71. The van der Waals surface area contributed by atoms with E-state index < -0.39 is 0 Å².